The van der Waals surface area contributed by atoms with Crippen molar-refractivity contribution in [2.75, 3.05) is 38.1 Å². The van der Waals surface area contributed by atoms with Gasteiger partial charge in [-0.1, -0.05) is 0 Å². The van der Waals surface area contributed by atoms with Gasteiger partial charge < -0.3 is 15.5 Å². The molecule has 0 spiro atoms. The van der Waals surface area contributed by atoms with Crippen molar-refractivity contribution in [3.8, 4) is 0 Å². The molecule has 9 heteroatoms. The smallest absolute Gasteiger partial charge is 0.332 e. The molecule has 9 nitrogen and oxygen atoms in total. The molecule has 22 heavy (non-hydrogen) atoms. The van der Waals surface area contributed by atoms with Crippen molar-refractivity contribution in [3.05, 3.63) is 33.9 Å². The number of rotatable bonds is 4. The minimum Gasteiger partial charge on any atom is -0.368 e. The summed E-state index contributed by atoms with van der Waals surface area (Å²) in [6, 6.07) is 3.81. The Morgan fingerprint density at radius 3 is 2.68 bits per heavy atom. The van der Waals surface area contributed by atoms with Crippen LogP contribution >= 0.6 is 0 Å². The van der Waals surface area contributed by atoms with Crippen LogP contribution in [0.1, 0.15) is 5.56 Å². The number of hydrogen-bond donors (Lipinski definition) is 2. The molecule has 118 valence electrons. The van der Waals surface area contributed by atoms with Crippen molar-refractivity contribution in [2.45, 2.75) is 0 Å². The van der Waals surface area contributed by atoms with Gasteiger partial charge in [0.1, 0.15) is 0 Å². The van der Waals surface area contributed by atoms with Crippen molar-refractivity contribution < 1.29 is 9.72 Å². The van der Waals surface area contributed by atoms with E-state index < -0.39 is 11.0 Å². The number of carbonyl (C=O) groups excluding carboxylic acids is 1. The summed E-state index contributed by atoms with van der Waals surface area (Å²) in [6.45, 7) is 3.46. The first-order chi connectivity index (χ1) is 10.5. The number of nitrogens with zero attached hydrogens (tertiary/aromatic N) is 4. The second-order valence-electron chi connectivity index (χ2n) is 5.02. The maximum absolute atomic E-state index is 10.9. The summed E-state index contributed by atoms with van der Waals surface area (Å²) in [5, 5.41) is 14.6. The number of likely N-dealkylation sites (N-methyl/N-ethyl adjacent to an activating group) is 1. The Morgan fingerprint density at radius 1 is 1.41 bits per heavy atom. The van der Waals surface area contributed by atoms with Crippen LogP contribution in [0.2, 0.25) is 0 Å². The third kappa shape index (κ3) is 3.92. The highest BCUT2D eigenvalue weighted by Crippen LogP contribution is 2.25. The topological polar surface area (TPSA) is 117 Å². The standard InChI is InChI=1S/C13H18N6O3/c1-17-4-6-18(7-5-17)12-3-2-11(19(21)22)8-10(12)9-15-16-13(14)20/h2-3,8-9H,4-7H2,1H3,(H3,14,16,20)/b15-9+. The second kappa shape index (κ2) is 6.85. The first-order valence-electron chi connectivity index (χ1n) is 6.78. The molecule has 2 amide bonds. The number of nitro benzene ring substituents is 1. The molecular formula is C13H18N6O3. The van der Waals surface area contributed by atoms with Crippen molar-refractivity contribution in [2.24, 2.45) is 10.8 Å². The minimum absolute atomic E-state index is 0.0293. The fourth-order valence-electron chi connectivity index (χ4n) is 2.26. The normalized spacial score (nSPS) is 16.0. The van der Waals surface area contributed by atoms with Gasteiger partial charge in [-0.25, -0.2) is 10.2 Å². The van der Waals surface area contributed by atoms with Gasteiger partial charge in [0.05, 0.1) is 11.1 Å². The average molecular weight is 306 g/mol. The maximum Gasteiger partial charge on any atom is 0.332 e. The van der Waals surface area contributed by atoms with Gasteiger partial charge in [-0.3, -0.25) is 10.1 Å². The Hall–Kier alpha value is -2.68. The lowest BCUT2D eigenvalue weighted by molar-refractivity contribution is -0.384. The summed E-state index contributed by atoms with van der Waals surface area (Å²) < 4.78 is 0. The van der Waals surface area contributed by atoms with Crippen LogP contribution < -0.4 is 16.1 Å². The number of carbonyl (C=O) groups is 1. The van der Waals surface area contributed by atoms with Gasteiger partial charge in [-0.15, -0.1) is 0 Å². The van der Waals surface area contributed by atoms with E-state index >= 15 is 0 Å². The predicted molar refractivity (Wildman–Crippen MR) is 83.1 cm³/mol. The summed E-state index contributed by atoms with van der Waals surface area (Å²) in [4.78, 5) is 25.5. The van der Waals surface area contributed by atoms with Crippen LogP contribution in [-0.2, 0) is 0 Å². The highest BCUT2D eigenvalue weighted by atomic mass is 16.6. The number of hydrogen-bond acceptors (Lipinski definition) is 6. The van der Waals surface area contributed by atoms with Crippen molar-refractivity contribution in [1.82, 2.24) is 10.3 Å². The summed E-state index contributed by atoms with van der Waals surface area (Å²) in [7, 11) is 2.05. The molecule has 0 atom stereocenters. The number of amides is 2. The lowest BCUT2D eigenvalue weighted by atomic mass is 10.1. The number of nitrogens with one attached hydrogen (secondary N) is 1. The number of nitro groups is 1. The summed E-state index contributed by atoms with van der Waals surface area (Å²) in [5.74, 6) is 0. The Bertz CT molecular complexity index is 595. The third-order valence-corrected chi connectivity index (χ3v) is 3.44. The number of anilines is 1. The molecule has 0 aromatic heterocycles. The maximum atomic E-state index is 10.9. The molecule has 0 bridgehead atoms. The van der Waals surface area contributed by atoms with E-state index in [0.29, 0.717) is 5.56 Å². The van der Waals surface area contributed by atoms with E-state index in [-0.39, 0.29) is 5.69 Å². The molecule has 1 aromatic rings. The van der Waals surface area contributed by atoms with Crippen LogP contribution in [-0.4, -0.2) is 55.3 Å². The van der Waals surface area contributed by atoms with Crippen molar-refractivity contribution >= 4 is 23.6 Å². The van der Waals surface area contributed by atoms with Crippen LogP contribution in [0.3, 0.4) is 0 Å². The van der Waals surface area contributed by atoms with Crippen LogP contribution in [0.25, 0.3) is 0 Å². The zero-order chi connectivity index (χ0) is 16.1. The molecule has 1 fully saturated rings. The van der Waals surface area contributed by atoms with Crippen LogP contribution in [0.15, 0.2) is 23.3 Å². The highest BCUT2D eigenvalue weighted by Gasteiger charge is 2.18. The van der Waals surface area contributed by atoms with E-state index in [1.54, 1.807) is 6.07 Å². The number of urea groups is 1. The van der Waals surface area contributed by atoms with E-state index in [4.69, 9.17) is 5.73 Å². The Morgan fingerprint density at radius 2 is 2.09 bits per heavy atom. The van der Waals surface area contributed by atoms with Gasteiger partial charge in [-0.2, -0.15) is 5.10 Å². The number of nitrogens with two attached hydrogens (primary N) is 1. The third-order valence-electron chi connectivity index (χ3n) is 3.44. The fraction of sp³-hybridized carbons (Fsp3) is 0.385. The van der Waals surface area contributed by atoms with E-state index in [1.807, 2.05) is 7.05 Å². The molecule has 0 unspecified atom stereocenters. The first-order valence-corrected chi connectivity index (χ1v) is 6.78. The lowest BCUT2D eigenvalue weighted by Gasteiger charge is -2.34. The van der Waals surface area contributed by atoms with Gasteiger partial charge >= 0.3 is 6.03 Å². The molecule has 0 saturated carbocycles. The van der Waals surface area contributed by atoms with Crippen LogP contribution in [0, 0.1) is 10.1 Å². The van der Waals surface area contributed by atoms with Crippen LogP contribution in [0.4, 0.5) is 16.2 Å². The summed E-state index contributed by atoms with van der Waals surface area (Å²) in [6.07, 6.45) is 1.37. The number of hydrazone groups is 1. The van der Waals surface area contributed by atoms with Crippen LogP contribution in [0.5, 0.6) is 0 Å². The molecule has 0 aliphatic carbocycles. The van der Waals surface area contributed by atoms with Crippen molar-refractivity contribution in [1.29, 1.82) is 0 Å². The molecule has 1 aliphatic heterocycles. The SMILES string of the molecule is CN1CCN(c2ccc([N+](=O)[O-])cc2/C=N/NC(N)=O)CC1. The highest BCUT2D eigenvalue weighted by molar-refractivity contribution is 5.90. The molecule has 1 aromatic carbocycles. The molecular weight excluding hydrogens is 288 g/mol. The zero-order valence-electron chi connectivity index (χ0n) is 12.2. The molecule has 1 saturated heterocycles. The van der Waals surface area contributed by atoms with Crippen molar-refractivity contribution in [3.63, 3.8) is 0 Å². The summed E-state index contributed by atoms with van der Waals surface area (Å²) >= 11 is 0. The largest absolute Gasteiger partial charge is 0.368 e. The van der Waals surface area contributed by atoms with Gasteiger partial charge in [0.15, 0.2) is 0 Å². The Balaban J connectivity index is 2.28. The zero-order valence-corrected chi connectivity index (χ0v) is 12.2. The molecule has 1 heterocycles. The second-order valence-corrected chi connectivity index (χ2v) is 5.02. The molecule has 1 aliphatic rings. The monoisotopic (exact) mass is 306 g/mol. The van der Waals surface area contributed by atoms with E-state index in [0.717, 1.165) is 31.9 Å². The number of piperazine rings is 1. The molecule has 2 rings (SSSR count). The van der Waals surface area contributed by atoms with Gasteiger partial charge in [0, 0.05) is 49.6 Å². The minimum atomic E-state index is -0.789. The predicted octanol–water partition coefficient (Wildman–Crippen LogP) is 0.349. The van der Waals surface area contributed by atoms with Gasteiger partial charge in [0.2, 0.25) is 0 Å². The Labute approximate surface area is 127 Å². The average Bonchev–Trinajstić information content (AvgIpc) is 2.47. The van der Waals surface area contributed by atoms with E-state index in [9.17, 15) is 14.9 Å². The Kier molecular flexibility index (Phi) is 4.89. The number of primary amides is 1. The number of benzene rings is 1. The van der Waals surface area contributed by atoms with Gasteiger partial charge in [-0.05, 0) is 13.1 Å². The molecule has 0 radical (unpaired) electrons. The molecule has 3 N–H and O–H groups in total. The lowest BCUT2D eigenvalue weighted by Crippen LogP contribution is -2.44. The first kappa shape index (κ1) is 15.7. The fourth-order valence-corrected chi connectivity index (χ4v) is 2.26. The number of non-ortho nitro benzene ring substituents is 1. The van der Waals surface area contributed by atoms with E-state index in [2.05, 4.69) is 20.3 Å². The summed E-state index contributed by atoms with van der Waals surface area (Å²) in [5.41, 5.74) is 8.41. The van der Waals surface area contributed by atoms with E-state index in [1.165, 1.54) is 18.3 Å². The quantitative estimate of drug-likeness (QED) is 0.473. The van der Waals surface area contributed by atoms with Gasteiger partial charge in [0.25, 0.3) is 5.69 Å².